The highest BCUT2D eigenvalue weighted by Gasteiger charge is 2.43. The highest BCUT2D eigenvalue weighted by atomic mass is 127. The van der Waals surface area contributed by atoms with E-state index in [1.807, 2.05) is 0 Å². The van der Waals surface area contributed by atoms with Gasteiger partial charge in [-0.25, -0.2) is 12.9 Å². The molecule has 8 heteroatoms. The van der Waals surface area contributed by atoms with E-state index in [-0.39, 0.29) is 0 Å². The molecule has 3 fully saturated rings. The highest BCUT2D eigenvalue weighted by Crippen LogP contribution is 2.65. The molecule has 0 aliphatic carbocycles. The van der Waals surface area contributed by atoms with Gasteiger partial charge in [0.25, 0.3) is 0 Å². The second kappa shape index (κ2) is 8.03. The third kappa shape index (κ3) is 4.16. The second-order valence-corrected chi connectivity index (χ2v) is 13.1. The summed E-state index contributed by atoms with van der Waals surface area (Å²) in [4.78, 5) is 7.42. The average Bonchev–Trinajstić information content (AvgIpc) is 2.56. The molecule has 0 amide bonds. The fraction of sp³-hybridized carbons (Fsp3) is 1.00. The maximum atomic E-state index is 2.86. The van der Waals surface area contributed by atoms with Crippen LogP contribution in [0.15, 0.2) is 0 Å². The summed E-state index contributed by atoms with van der Waals surface area (Å²) in [6.45, 7) is 14.5. The van der Waals surface area contributed by atoms with Crippen molar-refractivity contribution >= 4 is 29.0 Å². The van der Waals surface area contributed by atoms with Gasteiger partial charge in [0, 0.05) is 99.7 Å². The van der Waals surface area contributed by atoms with Crippen LogP contribution in [0.2, 0.25) is 0 Å². The van der Waals surface area contributed by atoms with Gasteiger partial charge in [-0.1, -0.05) is 0 Å². The Hall–Kier alpha value is 0.840. The van der Waals surface area contributed by atoms with Crippen LogP contribution < -0.4 is 0 Å². The summed E-state index contributed by atoms with van der Waals surface area (Å²) in [5, 5.41) is 0. The Kier molecular flexibility index (Phi) is 6.50. The molecule has 0 bridgehead atoms. The molecule has 0 radical (unpaired) electrons. The van der Waals surface area contributed by atoms with Crippen LogP contribution in [-0.2, 0) is 0 Å². The van der Waals surface area contributed by atoms with Gasteiger partial charge < -0.3 is 14.7 Å². The number of rotatable bonds is 3. The standard InChI is InChI=1S/C15H33IN6S/c1-17-4-10-20(11-5-17)23(16,21-12-6-18(2)7-13-21)22-14-8-19(3)9-15-22/h4-15H2,1-3H3. The monoisotopic (exact) mass is 456 g/mol. The number of hydrogen-bond acceptors (Lipinski definition) is 6. The molecular formula is C15H33IN6S. The first-order valence-electron chi connectivity index (χ1n) is 8.84. The molecule has 0 saturated carbocycles. The molecule has 0 aromatic carbocycles. The summed E-state index contributed by atoms with van der Waals surface area (Å²) in [5.74, 6) is 0. The lowest BCUT2D eigenvalue weighted by molar-refractivity contribution is 0.175. The number of nitrogens with zero attached hydrogens (tertiary/aromatic N) is 6. The van der Waals surface area contributed by atoms with Crippen molar-refractivity contribution in [2.75, 3.05) is 99.7 Å². The Morgan fingerprint density at radius 3 is 0.913 bits per heavy atom. The van der Waals surface area contributed by atoms with Crippen molar-refractivity contribution < 1.29 is 0 Å². The van der Waals surface area contributed by atoms with Gasteiger partial charge in [-0.05, 0) is 28.9 Å². The van der Waals surface area contributed by atoms with Gasteiger partial charge in [0.15, 0.2) is 0 Å². The Bertz CT molecular complexity index is 321. The molecule has 0 atom stereocenters. The molecule has 23 heavy (non-hydrogen) atoms. The lowest BCUT2D eigenvalue weighted by Gasteiger charge is -2.60. The number of halogens is 1. The minimum atomic E-state index is -1.02. The van der Waals surface area contributed by atoms with Gasteiger partial charge in [0.1, 0.15) is 0 Å². The van der Waals surface area contributed by atoms with Crippen LogP contribution in [0.3, 0.4) is 0 Å². The van der Waals surface area contributed by atoms with Gasteiger partial charge in [-0.15, -0.1) is 0 Å². The molecule has 3 aliphatic heterocycles. The topological polar surface area (TPSA) is 19.4 Å². The lowest BCUT2D eigenvalue weighted by Crippen LogP contribution is -2.58. The predicted molar refractivity (Wildman–Crippen MR) is 109 cm³/mol. The van der Waals surface area contributed by atoms with Gasteiger partial charge >= 0.3 is 0 Å². The van der Waals surface area contributed by atoms with Crippen LogP contribution >= 0.6 is 29.0 Å². The Labute approximate surface area is 156 Å². The largest absolute Gasteiger partial charge is 0.304 e. The fourth-order valence-corrected chi connectivity index (χ4v) is 9.96. The summed E-state index contributed by atoms with van der Waals surface area (Å²) >= 11 is 2.86. The van der Waals surface area contributed by atoms with Crippen LogP contribution in [0, 0.1) is 0 Å². The van der Waals surface area contributed by atoms with E-state index in [1.165, 1.54) is 78.5 Å². The normalized spacial score (nSPS) is 29.9. The van der Waals surface area contributed by atoms with Crippen molar-refractivity contribution in [3.8, 4) is 0 Å². The van der Waals surface area contributed by atoms with Crippen LogP contribution in [0.1, 0.15) is 0 Å². The van der Waals surface area contributed by atoms with E-state index >= 15 is 0 Å². The van der Waals surface area contributed by atoms with Crippen molar-refractivity contribution in [3.05, 3.63) is 0 Å². The van der Waals surface area contributed by atoms with Crippen LogP contribution in [0.5, 0.6) is 0 Å². The fourth-order valence-electron chi connectivity index (χ4n) is 3.55. The highest BCUT2D eigenvalue weighted by molar-refractivity contribution is 14.2. The van der Waals surface area contributed by atoms with Crippen molar-refractivity contribution in [2.45, 2.75) is 0 Å². The number of piperazine rings is 3. The zero-order valence-corrected chi connectivity index (χ0v) is 17.9. The summed E-state index contributed by atoms with van der Waals surface area (Å²) in [5.41, 5.74) is 0. The van der Waals surface area contributed by atoms with Crippen molar-refractivity contribution in [1.29, 1.82) is 0 Å². The Morgan fingerprint density at radius 2 is 0.696 bits per heavy atom. The minimum Gasteiger partial charge on any atom is -0.304 e. The summed E-state index contributed by atoms with van der Waals surface area (Å²) in [6, 6.07) is 0. The maximum Gasteiger partial charge on any atom is 0.0232 e. The van der Waals surface area contributed by atoms with E-state index in [0.717, 1.165) is 0 Å². The van der Waals surface area contributed by atoms with Gasteiger partial charge in [-0.3, -0.25) is 0 Å². The SMILES string of the molecule is CN1CCN(S(I)(N2CCN(C)CC2)N2CCN(C)CC2)CC1. The van der Waals surface area contributed by atoms with Crippen molar-refractivity contribution in [3.63, 3.8) is 0 Å². The van der Waals surface area contributed by atoms with Crippen LogP contribution in [-0.4, -0.2) is 127 Å². The molecule has 3 aliphatic rings. The van der Waals surface area contributed by atoms with Crippen molar-refractivity contribution in [1.82, 2.24) is 27.6 Å². The van der Waals surface area contributed by atoms with E-state index in [2.05, 4.69) is 70.0 Å². The molecule has 6 nitrogen and oxygen atoms in total. The molecular weight excluding hydrogens is 423 g/mol. The first-order chi connectivity index (χ1) is 11.0. The average molecular weight is 456 g/mol. The Balaban J connectivity index is 1.77. The predicted octanol–water partition coefficient (Wildman–Crippen LogP) is 0.628. The maximum absolute atomic E-state index is 2.86. The lowest BCUT2D eigenvalue weighted by atomic mass is 10.4. The summed E-state index contributed by atoms with van der Waals surface area (Å²) in [6.07, 6.45) is 0. The summed E-state index contributed by atoms with van der Waals surface area (Å²) < 4.78 is 8.47. The molecule has 0 N–H and O–H groups in total. The molecule has 3 rings (SSSR count). The third-order valence-corrected chi connectivity index (χ3v) is 13.5. The molecule has 3 heterocycles. The number of hydrogen-bond donors (Lipinski definition) is 0. The van der Waals surface area contributed by atoms with Crippen LogP contribution in [0.25, 0.3) is 0 Å². The van der Waals surface area contributed by atoms with E-state index in [1.54, 1.807) is 0 Å². The van der Waals surface area contributed by atoms with Gasteiger partial charge in [0.2, 0.25) is 0 Å². The molecule has 3 saturated heterocycles. The molecule has 136 valence electrons. The molecule has 0 aromatic rings. The molecule has 0 spiro atoms. The Morgan fingerprint density at radius 1 is 0.478 bits per heavy atom. The van der Waals surface area contributed by atoms with E-state index in [0.29, 0.717) is 0 Å². The zero-order valence-electron chi connectivity index (χ0n) is 15.0. The van der Waals surface area contributed by atoms with E-state index < -0.39 is 7.76 Å². The van der Waals surface area contributed by atoms with Crippen molar-refractivity contribution in [2.24, 2.45) is 0 Å². The third-order valence-electron chi connectivity index (χ3n) is 5.37. The smallest absolute Gasteiger partial charge is 0.0232 e. The number of likely N-dealkylation sites (N-methyl/N-ethyl adjacent to an activating group) is 3. The van der Waals surface area contributed by atoms with Gasteiger partial charge in [-0.2, -0.15) is 0 Å². The first-order valence-corrected chi connectivity index (χ1v) is 12.9. The minimum absolute atomic E-state index is 1.02. The molecule has 0 unspecified atom stereocenters. The second-order valence-electron chi connectivity index (χ2n) is 7.15. The van der Waals surface area contributed by atoms with Crippen LogP contribution in [0.4, 0.5) is 0 Å². The zero-order chi connectivity index (χ0) is 16.4. The van der Waals surface area contributed by atoms with E-state index in [9.17, 15) is 0 Å². The molecule has 0 aromatic heterocycles. The quantitative estimate of drug-likeness (QED) is 0.577. The van der Waals surface area contributed by atoms with E-state index in [4.69, 9.17) is 0 Å². The first kappa shape index (κ1) is 18.6. The van der Waals surface area contributed by atoms with Gasteiger partial charge in [0.05, 0.1) is 0 Å². The summed E-state index contributed by atoms with van der Waals surface area (Å²) in [7, 11) is 5.75.